The molecule has 0 saturated carbocycles. The number of hydrogen-bond acceptors (Lipinski definition) is 2. The highest BCUT2D eigenvalue weighted by Crippen LogP contribution is 2.29. The molecule has 0 heterocycles. The van der Waals surface area contributed by atoms with Gasteiger partial charge < -0.3 is 10.2 Å². The van der Waals surface area contributed by atoms with E-state index in [-0.39, 0.29) is 29.3 Å². The van der Waals surface area contributed by atoms with Crippen molar-refractivity contribution in [3.05, 3.63) is 71.8 Å². The third-order valence-electron chi connectivity index (χ3n) is 5.20. The van der Waals surface area contributed by atoms with Crippen LogP contribution in [0.2, 0.25) is 0 Å². The smallest absolute Gasteiger partial charge is 0.255 e. The molecule has 0 aliphatic heterocycles. The number of benzene rings is 2. The zero-order valence-electron chi connectivity index (χ0n) is 18.5. The quantitative estimate of drug-likeness (QED) is 0.700. The Hall–Kier alpha value is -2.62. The summed E-state index contributed by atoms with van der Waals surface area (Å²) in [6.07, 6.45) is 0.794. The summed E-state index contributed by atoms with van der Waals surface area (Å²) in [4.78, 5) is 28.8. The van der Waals surface area contributed by atoms with Gasteiger partial charge in [0.25, 0.3) is 5.91 Å². The predicted molar refractivity (Wildman–Crippen MR) is 119 cm³/mol. The first-order chi connectivity index (χ1) is 13.7. The Labute approximate surface area is 175 Å². The van der Waals surface area contributed by atoms with Crippen molar-refractivity contribution in [2.45, 2.75) is 65.6 Å². The van der Waals surface area contributed by atoms with Crippen molar-refractivity contribution in [1.82, 2.24) is 10.2 Å². The fourth-order valence-corrected chi connectivity index (χ4v) is 3.49. The molecule has 0 spiro atoms. The maximum absolute atomic E-state index is 13.6. The molecule has 1 N–H and O–H groups in total. The number of nitrogens with one attached hydrogen (secondary N) is 1. The monoisotopic (exact) mass is 394 g/mol. The summed E-state index contributed by atoms with van der Waals surface area (Å²) in [7, 11) is 0. The Morgan fingerprint density at radius 1 is 0.931 bits per heavy atom. The van der Waals surface area contributed by atoms with Crippen LogP contribution in [0, 0.1) is 5.92 Å². The van der Waals surface area contributed by atoms with E-state index < -0.39 is 6.04 Å². The number of amides is 2. The molecular weight excluding hydrogens is 360 g/mol. The SMILES string of the molecule is CC[C@H](C)[C@H](C(=O)NC(C)(C)C)N(C(=O)c1ccccc1)[C@H](C)c1ccccc1. The third kappa shape index (κ3) is 5.93. The van der Waals surface area contributed by atoms with Gasteiger partial charge in [-0.1, -0.05) is 68.8 Å². The van der Waals surface area contributed by atoms with Gasteiger partial charge in [-0.05, 0) is 51.3 Å². The van der Waals surface area contributed by atoms with Crippen LogP contribution in [0.5, 0.6) is 0 Å². The minimum absolute atomic E-state index is 0.0103. The molecule has 0 aliphatic rings. The molecule has 2 amide bonds. The molecular formula is C25H34N2O2. The van der Waals surface area contributed by atoms with Crippen LogP contribution in [0.4, 0.5) is 0 Å². The van der Waals surface area contributed by atoms with Crippen molar-refractivity contribution in [2.75, 3.05) is 0 Å². The standard InChI is InChI=1S/C25H34N2O2/c1-7-18(2)22(23(28)26-25(4,5)6)27(19(3)20-14-10-8-11-15-20)24(29)21-16-12-9-13-17-21/h8-19,22H,7H2,1-6H3,(H,26,28)/t18-,19+,22+/m0/s1. The van der Waals surface area contributed by atoms with E-state index in [9.17, 15) is 9.59 Å². The van der Waals surface area contributed by atoms with Gasteiger partial charge in [-0.3, -0.25) is 9.59 Å². The van der Waals surface area contributed by atoms with Gasteiger partial charge in [0.15, 0.2) is 0 Å². The molecule has 0 fully saturated rings. The lowest BCUT2D eigenvalue weighted by atomic mass is 9.92. The van der Waals surface area contributed by atoms with Gasteiger partial charge in [-0.25, -0.2) is 0 Å². The zero-order chi connectivity index (χ0) is 21.6. The second-order valence-electron chi connectivity index (χ2n) is 8.73. The summed E-state index contributed by atoms with van der Waals surface area (Å²) in [6, 6.07) is 18.3. The molecule has 0 aromatic heterocycles. The van der Waals surface area contributed by atoms with Crippen molar-refractivity contribution >= 4 is 11.8 Å². The van der Waals surface area contributed by atoms with E-state index in [2.05, 4.69) is 12.2 Å². The van der Waals surface area contributed by atoms with Crippen molar-refractivity contribution in [1.29, 1.82) is 0 Å². The molecule has 0 saturated heterocycles. The number of carbonyl (C=O) groups is 2. The molecule has 156 valence electrons. The summed E-state index contributed by atoms with van der Waals surface area (Å²) < 4.78 is 0. The predicted octanol–water partition coefficient (Wildman–Crippen LogP) is 5.22. The van der Waals surface area contributed by atoms with Gasteiger partial charge in [-0.2, -0.15) is 0 Å². The minimum Gasteiger partial charge on any atom is -0.350 e. The summed E-state index contributed by atoms with van der Waals surface area (Å²) in [5.41, 5.74) is 1.22. The molecule has 0 unspecified atom stereocenters. The highest BCUT2D eigenvalue weighted by molar-refractivity contribution is 5.98. The number of nitrogens with zero attached hydrogens (tertiary/aromatic N) is 1. The second-order valence-corrected chi connectivity index (χ2v) is 8.73. The molecule has 4 heteroatoms. The van der Waals surface area contributed by atoms with Crippen molar-refractivity contribution in [2.24, 2.45) is 5.92 Å². The molecule has 4 nitrogen and oxygen atoms in total. The number of hydrogen-bond donors (Lipinski definition) is 1. The zero-order valence-corrected chi connectivity index (χ0v) is 18.5. The Kier molecular flexibility index (Phi) is 7.60. The summed E-state index contributed by atoms with van der Waals surface area (Å²) in [5.74, 6) is -0.230. The first-order valence-corrected chi connectivity index (χ1v) is 10.4. The van der Waals surface area contributed by atoms with Gasteiger partial charge in [0.1, 0.15) is 6.04 Å². The molecule has 2 aromatic carbocycles. The van der Waals surface area contributed by atoms with Crippen LogP contribution in [0.3, 0.4) is 0 Å². The van der Waals surface area contributed by atoms with E-state index in [0.717, 1.165) is 12.0 Å². The van der Waals surface area contributed by atoms with Crippen molar-refractivity contribution in [3.8, 4) is 0 Å². The fourth-order valence-electron chi connectivity index (χ4n) is 3.49. The van der Waals surface area contributed by atoms with Crippen molar-refractivity contribution < 1.29 is 9.59 Å². The van der Waals surface area contributed by atoms with Crippen LogP contribution in [0.25, 0.3) is 0 Å². The molecule has 2 aromatic rings. The van der Waals surface area contributed by atoms with Gasteiger partial charge in [0, 0.05) is 11.1 Å². The van der Waals surface area contributed by atoms with E-state index in [0.29, 0.717) is 5.56 Å². The van der Waals surface area contributed by atoms with Crippen LogP contribution in [0.15, 0.2) is 60.7 Å². The molecule has 29 heavy (non-hydrogen) atoms. The van der Waals surface area contributed by atoms with Crippen LogP contribution in [0.1, 0.15) is 69.9 Å². The molecule has 2 rings (SSSR count). The van der Waals surface area contributed by atoms with Crippen LogP contribution < -0.4 is 5.32 Å². The van der Waals surface area contributed by atoms with Crippen molar-refractivity contribution in [3.63, 3.8) is 0 Å². The lowest BCUT2D eigenvalue weighted by Crippen LogP contribution is -2.56. The normalized spacial score (nSPS) is 14.6. The summed E-state index contributed by atoms with van der Waals surface area (Å²) in [6.45, 7) is 12.0. The van der Waals surface area contributed by atoms with Crippen LogP contribution in [-0.2, 0) is 4.79 Å². The number of carbonyl (C=O) groups excluding carboxylic acids is 2. The Morgan fingerprint density at radius 3 is 1.93 bits per heavy atom. The van der Waals surface area contributed by atoms with E-state index >= 15 is 0 Å². The van der Waals surface area contributed by atoms with E-state index in [4.69, 9.17) is 0 Å². The van der Waals surface area contributed by atoms with Gasteiger partial charge in [0.2, 0.25) is 5.91 Å². The lowest BCUT2D eigenvalue weighted by molar-refractivity contribution is -0.129. The number of rotatable bonds is 7. The lowest BCUT2D eigenvalue weighted by Gasteiger charge is -2.40. The summed E-state index contributed by atoms with van der Waals surface area (Å²) >= 11 is 0. The molecule has 0 radical (unpaired) electrons. The molecule has 0 aliphatic carbocycles. The van der Waals surface area contributed by atoms with Crippen LogP contribution in [-0.4, -0.2) is 28.3 Å². The Balaban J connectivity index is 2.55. The second kappa shape index (κ2) is 9.73. The largest absolute Gasteiger partial charge is 0.350 e. The third-order valence-corrected chi connectivity index (χ3v) is 5.20. The average molecular weight is 395 g/mol. The van der Waals surface area contributed by atoms with E-state index in [1.54, 1.807) is 4.90 Å². The molecule has 0 bridgehead atoms. The first-order valence-electron chi connectivity index (χ1n) is 10.4. The Bertz CT molecular complexity index is 797. The maximum Gasteiger partial charge on any atom is 0.255 e. The summed E-state index contributed by atoms with van der Waals surface area (Å²) in [5, 5.41) is 3.09. The van der Waals surface area contributed by atoms with Crippen LogP contribution >= 0.6 is 0 Å². The average Bonchev–Trinajstić information content (AvgIpc) is 2.70. The Morgan fingerprint density at radius 2 is 1.45 bits per heavy atom. The van der Waals surface area contributed by atoms with Gasteiger partial charge in [-0.15, -0.1) is 0 Å². The highest BCUT2D eigenvalue weighted by Gasteiger charge is 2.38. The van der Waals surface area contributed by atoms with E-state index in [1.165, 1.54) is 0 Å². The highest BCUT2D eigenvalue weighted by atomic mass is 16.2. The fraction of sp³-hybridized carbons (Fsp3) is 0.440. The van der Waals surface area contributed by atoms with E-state index in [1.807, 2.05) is 95.3 Å². The first kappa shape index (κ1) is 22.7. The van der Waals surface area contributed by atoms with Gasteiger partial charge >= 0.3 is 0 Å². The topological polar surface area (TPSA) is 49.4 Å². The van der Waals surface area contributed by atoms with Gasteiger partial charge in [0.05, 0.1) is 6.04 Å². The minimum atomic E-state index is -0.567. The molecule has 3 atom stereocenters. The maximum atomic E-state index is 13.6.